The Morgan fingerprint density at radius 3 is 2.58 bits per heavy atom. The van der Waals surface area contributed by atoms with Crippen molar-refractivity contribution < 1.29 is 31.1 Å². The largest absolute Gasteiger partial charge is 0.469 e. The maximum Gasteiger partial charge on any atom is 0.416 e. The maximum atomic E-state index is 12.9. The van der Waals surface area contributed by atoms with E-state index in [0.717, 1.165) is 13.2 Å². The molecule has 1 aromatic carbocycles. The fourth-order valence-electron chi connectivity index (χ4n) is 2.08. The number of methoxy groups -OCH3 is 1. The van der Waals surface area contributed by atoms with Gasteiger partial charge in [0.15, 0.2) is 0 Å². The van der Waals surface area contributed by atoms with Crippen LogP contribution in [0.5, 0.6) is 0 Å². The molecule has 0 aliphatic heterocycles. The molecule has 0 fully saturated rings. The third-order valence-corrected chi connectivity index (χ3v) is 6.27. The predicted octanol–water partition coefficient (Wildman–Crippen LogP) is 4.00. The normalized spacial score (nSPS) is 13.4. The van der Waals surface area contributed by atoms with Gasteiger partial charge in [-0.25, -0.2) is 13.1 Å². The number of nitrogens with one attached hydrogen (secondary N) is 1. The van der Waals surface area contributed by atoms with E-state index in [2.05, 4.69) is 9.46 Å². The lowest BCUT2D eigenvalue weighted by Crippen LogP contribution is -2.30. The van der Waals surface area contributed by atoms with Crippen LogP contribution in [0.2, 0.25) is 5.02 Å². The van der Waals surface area contributed by atoms with Gasteiger partial charge in [-0.3, -0.25) is 4.79 Å². The Morgan fingerprint density at radius 1 is 1.35 bits per heavy atom. The Labute approximate surface area is 156 Å². The van der Waals surface area contributed by atoms with Crippen LogP contribution < -0.4 is 4.72 Å². The second-order valence-corrected chi connectivity index (χ2v) is 8.18. The molecule has 0 aliphatic carbocycles. The molecule has 5 nitrogen and oxygen atoms in total. The molecule has 142 valence electrons. The molecule has 26 heavy (non-hydrogen) atoms. The van der Waals surface area contributed by atoms with E-state index in [1.807, 2.05) is 0 Å². The van der Waals surface area contributed by atoms with Crippen LogP contribution in [0.15, 0.2) is 40.6 Å². The molecule has 2 aromatic rings. The van der Waals surface area contributed by atoms with Gasteiger partial charge in [-0.2, -0.15) is 13.2 Å². The molecule has 11 heteroatoms. The predicted molar refractivity (Wildman–Crippen MR) is 90.5 cm³/mol. The summed E-state index contributed by atoms with van der Waals surface area (Å²) >= 11 is 6.98. The highest BCUT2D eigenvalue weighted by Gasteiger charge is 2.33. The van der Waals surface area contributed by atoms with Gasteiger partial charge in [0.25, 0.3) is 0 Å². The van der Waals surface area contributed by atoms with Crippen molar-refractivity contribution in [2.45, 2.75) is 23.5 Å². The standard InChI is InChI=1S/C15H13ClF3NO4S2/c1-24-14(21)8-11(12-3-2-6-25-12)20-26(22,23)13-7-9(15(17,18)19)4-5-10(13)16/h2-7,11,20H,8H2,1H3. The number of halogens is 4. The van der Waals surface area contributed by atoms with E-state index in [1.54, 1.807) is 17.5 Å². The first-order valence-corrected chi connectivity index (χ1v) is 9.78. The van der Waals surface area contributed by atoms with E-state index >= 15 is 0 Å². The molecule has 2 rings (SSSR count). The van der Waals surface area contributed by atoms with Crippen LogP contribution in [0.3, 0.4) is 0 Å². The summed E-state index contributed by atoms with van der Waals surface area (Å²) in [7, 11) is -3.29. The van der Waals surface area contributed by atoms with Gasteiger partial charge in [0.05, 0.1) is 30.2 Å². The third kappa shape index (κ3) is 4.97. The molecule has 0 aliphatic rings. The number of carbonyl (C=O) groups is 1. The summed E-state index contributed by atoms with van der Waals surface area (Å²) in [6, 6.07) is 4.24. The zero-order chi connectivity index (χ0) is 19.5. The molecular formula is C15H13ClF3NO4S2. The SMILES string of the molecule is COC(=O)CC(NS(=O)(=O)c1cc(C(F)(F)F)ccc1Cl)c1cccs1. The first kappa shape index (κ1) is 20.7. The molecule has 0 spiro atoms. The summed E-state index contributed by atoms with van der Waals surface area (Å²) in [5.74, 6) is -0.679. The number of sulfonamides is 1. The average molecular weight is 428 g/mol. The van der Waals surface area contributed by atoms with E-state index in [4.69, 9.17) is 11.6 Å². The van der Waals surface area contributed by atoms with Crippen LogP contribution in [-0.2, 0) is 25.7 Å². The number of esters is 1. The van der Waals surface area contributed by atoms with Crippen LogP contribution in [0.1, 0.15) is 22.9 Å². The lowest BCUT2D eigenvalue weighted by Gasteiger charge is -2.18. The Balaban J connectivity index is 2.41. The quantitative estimate of drug-likeness (QED) is 0.707. The van der Waals surface area contributed by atoms with Crippen molar-refractivity contribution in [3.63, 3.8) is 0 Å². The van der Waals surface area contributed by atoms with E-state index < -0.39 is 38.7 Å². The molecule has 1 atom stereocenters. The summed E-state index contributed by atoms with van der Waals surface area (Å²) in [5.41, 5.74) is -1.15. The monoisotopic (exact) mass is 427 g/mol. The lowest BCUT2D eigenvalue weighted by atomic mass is 10.2. The van der Waals surface area contributed by atoms with E-state index in [9.17, 15) is 26.4 Å². The number of carbonyl (C=O) groups excluding carboxylic acids is 1. The number of hydrogen-bond donors (Lipinski definition) is 1. The fourth-order valence-corrected chi connectivity index (χ4v) is 4.67. The maximum absolute atomic E-state index is 12.9. The van der Waals surface area contributed by atoms with E-state index in [-0.39, 0.29) is 11.4 Å². The molecule has 1 heterocycles. The van der Waals surface area contributed by atoms with E-state index in [1.165, 1.54) is 11.3 Å². The Hall–Kier alpha value is -1.62. The van der Waals surface area contributed by atoms with Crippen molar-refractivity contribution in [3.05, 3.63) is 51.2 Å². The average Bonchev–Trinajstić information content (AvgIpc) is 3.07. The van der Waals surface area contributed by atoms with Gasteiger partial charge in [-0.05, 0) is 29.6 Å². The summed E-state index contributed by atoms with van der Waals surface area (Å²) in [6.45, 7) is 0. The van der Waals surface area contributed by atoms with Crippen LogP contribution in [-0.4, -0.2) is 21.5 Å². The van der Waals surface area contributed by atoms with Crippen LogP contribution in [0, 0.1) is 0 Å². The zero-order valence-electron chi connectivity index (χ0n) is 13.2. The minimum atomic E-state index is -4.73. The van der Waals surface area contributed by atoms with Crippen LogP contribution >= 0.6 is 22.9 Å². The minimum absolute atomic E-state index is 0.327. The van der Waals surface area contributed by atoms with Gasteiger partial charge < -0.3 is 4.74 Å². The lowest BCUT2D eigenvalue weighted by molar-refractivity contribution is -0.141. The number of hydrogen-bond acceptors (Lipinski definition) is 5. The topological polar surface area (TPSA) is 72.5 Å². The summed E-state index contributed by atoms with van der Waals surface area (Å²) < 4.78 is 70.6. The highest BCUT2D eigenvalue weighted by Crippen LogP contribution is 2.34. The van der Waals surface area contributed by atoms with Crippen molar-refractivity contribution in [2.24, 2.45) is 0 Å². The van der Waals surface area contributed by atoms with Crippen molar-refractivity contribution >= 4 is 38.9 Å². The first-order chi connectivity index (χ1) is 12.0. The number of thiophene rings is 1. The highest BCUT2D eigenvalue weighted by molar-refractivity contribution is 7.89. The third-order valence-electron chi connectivity index (χ3n) is 3.33. The number of ether oxygens (including phenoxy) is 1. The van der Waals surface area contributed by atoms with Crippen molar-refractivity contribution in [1.29, 1.82) is 0 Å². The fraction of sp³-hybridized carbons (Fsp3) is 0.267. The van der Waals surface area contributed by atoms with Gasteiger partial charge in [-0.1, -0.05) is 17.7 Å². The number of benzene rings is 1. The van der Waals surface area contributed by atoms with Crippen LogP contribution in [0.25, 0.3) is 0 Å². The highest BCUT2D eigenvalue weighted by atomic mass is 35.5. The van der Waals surface area contributed by atoms with Gasteiger partial charge in [0, 0.05) is 4.88 Å². The number of rotatable bonds is 6. The van der Waals surface area contributed by atoms with Crippen LogP contribution in [0.4, 0.5) is 13.2 Å². The summed E-state index contributed by atoms with van der Waals surface area (Å²) in [4.78, 5) is 11.3. The molecule has 1 unspecified atom stereocenters. The molecule has 0 bridgehead atoms. The molecule has 0 radical (unpaired) electrons. The molecule has 1 N–H and O–H groups in total. The Bertz CT molecular complexity index is 883. The van der Waals surface area contributed by atoms with Gasteiger partial charge in [0.1, 0.15) is 4.90 Å². The van der Waals surface area contributed by atoms with Gasteiger partial charge in [-0.15, -0.1) is 11.3 Å². The van der Waals surface area contributed by atoms with Gasteiger partial charge >= 0.3 is 12.1 Å². The summed E-state index contributed by atoms with van der Waals surface area (Å²) in [6.07, 6.45) is -5.05. The summed E-state index contributed by atoms with van der Waals surface area (Å²) in [5, 5.41) is 1.30. The Kier molecular flexibility index (Phi) is 6.33. The molecule has 1 aromatic heterocycles. The van der Waals surface area contributed by atoms with Crippen molar-refractivity contribution in [3.8, 4) is 0 Å². The van der Waals surface area contributed by atoms with Crippen molar-refractivity contribution in [2.75, 3.05) is 7.11 Å². The second kappa shape index (κ2) is 7.95. The first-order valence-electron chi connectivity index (χ1n) is 7.04. The molecule has 0 amide bonds. The molecule has 0 saturated carbocycles. The molecular weight excluding hydrogens is 415 g/mol. The smallest absolute Gasteiger partial charge is 0.416 e. The second-order valence-electron chi connectivity index (χ2n) is 5.11. The Morgan fingerprint density at radius 2 is 2.04 bits per heavy atom. The number of alkyl halides is 3. The van der Waals surface area contributed by atoms with Crippen molar-refractivity contribution in [1.82, 2.24) is 4.72 Å². The minimum Gasteiger partial charge on any atom is -0.469 e. The van der Waals surface area contributed by atoms with Gasteiger partial charge in [0.2, 0.25) is 10.0 Å². The van der Waals surface area contributed by atoms with E-state index in [0.29, 0.717) is 17.0 Å². The molecule has 0 saturated heterocycles. The zero-order valence-corrected chi connectivity index (χ0v) is 15.6.